The molecule has 0 heterocycles. The van der Waals surface area contributed by atoms with Crippen molar-refractivity contribution in [3.8, 4) is 0 Å². The number of nitrogens with one attached hydrogen (secondary N) is 1. The number of hydrogen-bond acceptors (Lipinski definition) is 5. The van der Waals surface area contributed by atoms with Gasteiger partial charge in [-0.3, -0.25) is 0 Å². The summed E-state index contributed by atoms with van der Waals surface area (Å²) < 4.78 is 6.31. The first-order valence-electron chi connectivity index (χ1n) is 21.3. The Balaban J connectivity index is 0.00000201. The van der Waals surface area contributed by atoms with Crippen LogP contribution >= 0.6 is 0 Å². The molecule has 4 rings (SSSR count). The van der Waals surface area contributed by atoms with Crippen LogP contribution in [0.25, 0.3) is 0 Å². The molecule has 0 aromatic rings. The zero-order valence-electron chi connectivity index (χ0n) is 34.3. The van der Waals surface area contributed by atoms with Gasteiger partial charge in [0, 0.05) is 25.0 Å². The second-order valence-electron chi connectivity index (χ2n) is 16.8. The minimum absolute atomic E-state index is 0.00436. The molecule has 49 heavy (non-hydrogen) atoms. The molecule has 9 atom stereocenters. The van der Waals surface area contributed by atoms with Gasteiger partial charge in [0.15, 0.2) is 0 Å². The molecule has 3 saturated carbocycles. The summed E-state index contributed by atoms with van der Waals surface area (Å²) in [5.74, 6) is 4.31. The summed E-state index contributed by atoms with van der Waals surface area (Å²) in [6.45, 7) is 25.3. The normalized spacial score (nSPS) is 31.4. The fraction of sp³-hybridized carbons (Fsp3) is 0.930. The van der Waals surface area contributed by atoms with E-state index < -0.39 is 0 Å². The van der Waals surface area contributed by atoms with Gasteiger partial charge in [0.1, 0.15) is 6.10 Å². The maximum absolute atomic E-state index is 13.6. The lowest BCUT2D eigenvalue weighted by Crippen LogP contribution is -2.51. The molecule has 5 N–H and O–H groups in total. The molecule has 4 aliphatic carbocycles. The highest BCUT2D eigenvalue weighted by atomic mass is 16.6. The van der Waals surface area contributed by atoms with Gasteiger partial charge in [-0.1, -0.05) is 86.3 Å². The third kappa shape index (κ3) is 11.7. The summed E-state index contributed by atoms with van der Waals surface area (Å²) in [4.78, 5) is 15.5. The predicted octanol–water partition coefficient (Wildman–Crippen LogP) is 10.5. The lowest BCUT2D eigenvalue weighted by atomic mass is 9.47. The molecule has 9 unspecified atom stereocenters. The predicted molar refractivity (Wildman–Crippen MR) is 212 cm³/mol. The first kappa shape index (κ1) is 44.1. The van der Waals surface area contributed by atoms with Gasteiger partial charge in [-0.25, -0.2) is 4.79 Å². The van der Waals surface area contributed by atoms with E-state index in [1.165, 1.54) is 57.8 Å². The monoisotopic (exact) mass is 689 g/mol. The molecule has 3 fully saturated rings. The number of allylic oxidation sites excluding steroid dienone is 1. The lowest BCUT2D eigenvalue weighted by molar-refractivity contribution is -0.0538. The minimum atomic E-state index is -0.137. The molecule has 0 spiro atoms. The number of ether oxygens (including phenoxy) is 1. The maximum Gasteiger partial charge on any atom is 0.410 e. The van der Waals surface area contributed by atoms with E-state index >= 15 is 0 Å². The van der Waals surface area contributed by atoms with Crippen molar-refractivity contribution >= 4 is 6.09 Å². The van der Waals surface area contributed by atoms with Crippen molar-refractivity contribution in [1.29, 1.82) is 0 Å². The van der Waals surface area contributed by atoms with Crippen LogP contribution in [-0.2, 0) is 4.74 Å². The van der Waals surface area contributed by atoms with Crippen molar-refractivity contribution in [2.75, 3.05) is 26.2 Å². The third-order valence-electron chi connectivity index (χ3n) is 13.4. The Labute approximate surface area is 305 Å². The molecule has 4 aliphatic rings. The van der Waals surface area contributed by atoms with E-state index in [4.69, 9.17) is 16.2 Å². The highest BCUT2D eigenvalue weighted by Crippen LogP contribution is 2.66. The molecule has 0 aromatic carbocycles. The molecule has 0 bridgehead atoms. The highest BCUT2D eigenvalue weighted by molar-refractivity contribution is 5.68. The van der Waals surface area contributed by atoms with Gasteiger partial charge in [0.2, 0.25) is 0 Å². The Bertz CT molecular complexity index is 954. The van der Waals surface area contributed by atoms with Crippen molar-refractivity contribution in [3.05, 3.63) is 11.6 Å². The fourth-order valence-corrected chi connectivity index (χ4v) is 10.5. The number of hydrogen-bond donors (Lipinski definition) is 3. The molecule has 0 saturated heterocycles. The van der Waals surface area contributed by atoms with Crippen molar-refractivity contribution in [2.24, 2.45) is 51.9 Å². The van der Waals surface area contributed by atoms with Gasteiger partial charge in [0.25, 0.3) is 0 Å². The lowest BCUT2D eigenvalue weighted by Gasteiger charge is -2.58. The van der Waals surface area contributed by atoms with E-state index in [0.29, 0.717) is 24.5 Å². The zero-order chi connectivity index (χ0) is 36.6. The van der Waals surface area contributed by atoms with Crippen LogP contribution in [-0.4, -0.2) is 55.4 Å². The number of carbonyl (C=O) groups excluding carboxylic acids is 1. The van der Waals surface area contributed by atoms with Crippen molar-refractivity contribution in [2.45, 2.75) is 190 Å². The number of amides is 1. The van der Waals surface area contributed by atoms with Crippen LogP contribution in [0.3, 0.4) is 0 Å². The molecule has 6 heteroatoms. The Morgan fingerprint density at radius 1 is 0.898 bits per heavy atom. The van der Waals surface area contributed by atoms with Gasteiger partial charge in [-0.15, -0.1) is 0 Å². The highest BCUT2D eigenvalue weighted by Gasteiger charge is 2.58. The van der Waals surface area contributed by atoms with E-state index in [2.05, 4.69) is 52.9 Å². The topological polar surface area (TPSA) is 93.6 Å². The first-order valence-corrected chi connectivity index (χ1v) is 21.3. The van der Waals surface area contributed by atoms with Crippen molar-refractivity contribution in [3.63, 3.8) is 0 Å². The molecular formula is C43H84N4O2. The van der Waals surface area contributed by atoms with E-state index in [-0.39, 0.29) is 23.7 Å². The zero-order valence-corrected chi connectivity index (χ0v) is 34.3. The number of rotatable bonds is 17. The quantitative estimate of drug-likeness (QED) is 0.104. The van der Waals surface area contributed by atoms with E-state index in [9.17, 15) is 4.79 Å². The number of carbonyl (C=O) groups is 1. The van der Waals surface area contributed by atoms with Crippen LogP contribution in [0.15, 0.2) is 11.6 Å². The van der Waals surface area contributed by atoms with Gasteiger partial charge < -0.3 is 26.4 Å². The Hall–Kier alpha value is -1.11. The Morgan fingerprint density at radius 2 is 1.61 bits per heavy atom. The van der Waals surface area contributed by atoms with Crippen LogP contribution in [0.2, 0.25) is 0 Å². The largest absolute Gasteiger partial charge is 0.446 e. The standard InChI is InChI=1S/C39H72N4O2.2C2H6/c1-28(2)11-7-8-12-31-14-16-35-34-15-13-32-27-33(17-21-39(32,6)36(34)18-22-38(31,35)5)45-37(44)43(30(4)20-24-41)26-10-9-25-42-29(3)19-23-40;2*1-2/h13,28-31,33-36,42H,7-12,14-27,40-41H2,1-6H3;2*1-2H3. The van der Waals surface area contributed by atoms with Gasteiger partial charge in [-0.2, -0.15) is 0 Å². The summed E-state index contributed by atoms with van der Waals surface area (Å²) in [6.07, 6.45) is 22.0. The summed E-state index contributed by atoms with van der Waals surface area (Å²) in [5, 5.41) is 3.55. The molecule has 6 nitrogen and oxygen atoms in total. The number of nitrogens with two attached hydrogens (primary N) is 2. The SMILES string of the molecule is CC.CC.CC(C)CCCCC1CCC2C3CC=C4CC(OC(=O)N(CCCCNC(C)CCN)C(C)CCN)CCC4(C)C3CCC12C. The van der Waals surface area contributed by atoms with Crippen LogP contribution in [0.4, 0.5) is 4.79 Å². The molecule has 288 valence electrons. The van der Waals surface area contributed by atoms with Crippen LogP contribution < -0.4 is 16.8 Å². The third-order valence-corrected chi connectivity index (χ3v) is 13.4. The van der Waals surface area contributed by atoms with Crippen LogP contribution in [0, 0.1) is 40.4 Å². The summed E-state index contributed by atoms with van der Waals surface area (Å²) in [6, 6.07) is 0.531. The Morgan fingerprint density at radius 3 is 2.29 bits per heavy atom. The summed E-state index contributed by atoms with van der Waals surface area (Å²) in [7, 11) is 0. The smallest absolute Gasteiger partial charge is 0.410 e. The molecule has 0 aromatic heterocycles. The van der Waals surface area contributed by atoms with E-state index in [1.54, 1.807) is 5.57 Å². The summed E-state index contributed by atoms with van der Waals surface area (Å²) >= 11 is 0. The molecule has 0 radical (unpaired) electrons. The van der Waals surface area contributed by atoms with E-state index in [0.717, 1.165) is 87.6 Å². The molecule has 1 amide bonds. The number of fused-ring (bicyclic) bond motifs is 5. The number of nitrogens with zero attached hydrogens (tertiary/aromatic N) is 1. The average molecular weight is 689 g/mol. The van der Waals surface area contributed by atoms with Gasteiger partial charge in [0.05, 0.1) is 0 Å². The fourth-order valence-electron chi connectivity index (χ4n) is 10.5. The average Bonchev–Trinajstić information content (AvgIpc) is 3.42. The first-order chi connectivity index (χ1) is 23.5. The van der Waals surface area contributed by atoms with Crippen LogP contribution in [0.1, 0.15) is 172 Å². The molecular weight excluding hydrogens is 604 g/mol. The van der Waals surface area contributed by atoms with Crippen molar-refractivity contribution < 1.29 is 9.53 Å². The van der Waals surface area contributed by atoms with Crippen LogP contribution in [0.5, 0.6) is 0 Å². The second-order valence-corrected chi connectivity index (χ2v) is 16.8. The minimum Gasteiger partial charge on any atom is -0.446 e. The van der Waals surface area contributed by atoms with Gasteiger partial charge >= 0.3 is 6.09 Å². The van der Waals surface area contributed by atoms with E-state index in [1.807, 2.05) is 32.6 Å². The molecule has 0 aliphatic heterocycles. The van der Waals surface area contributed by atoms with Crippen molar-refractivity contribution in [1.82, 2.24) is 10.2 Å². The Kier molecular flexibility index (Phi) is 19.8. The maximum atomic E-state index is 13.6. The number of unbranched alkanes of at least 4 members (excludes halogenated alkanes) is 2. The second kappa shape index (κ2) is 22.1. The summed E-state index contributed by atoms with van der Waals surface area (Å²) in [5.41, 5.74) is 14.0. The van der Waals surface area contributed by atoms with Gasteiger partial charge in [-0.05, 0) is 151 Å².